The minimum Gasteiger partial charge on any atom is -0.310 e. The van der Waals surface area contributed by atoms with Crippen LogP contribution in [0, 0.1) is 0 Å². The molecule has 8 rings (SSSR count). The Balaban J connectivity index is 1.16. The van der Waals surface area contributed by atoms with E-state index in [1.807, 2.05) is 0 Å². The van der Waals surface area contributed by atoms with Gasteiger partial charge in [0.1, 0.15) is 0 Å². The molecule has 1 nitrogen and oxygen atoms in total. The first kappa shape index (κ1) is 30.4. The molecule has 0 unspecified atom stereocenters. The molecule has 0 fully saturated rings. The van der Waals surface area contributed by atoms with Crippen molar-refractivity contribution in [2.75, 3.05) is 4.90 Å². The lowest BCUT2D eigenvalue weighted by Crippen LogP contribution is -2.17. The summed E-state index contributed by atoms with van der Waals surface area (Å²) in [6, 6.07) is 63.8. The van der Waals surface area contributed by atoms with Crippen LogP contribution < -0.4 is 4.90 Å². The summed E-state index contributed by atoms with van der Waals surface area (Å²) >= 11 is 0. The zero-order valence-electron chi connectivity index (χ0n) is 28.1. The van der Waals surface area contributed by atoms with Gasteiger partial charge in [0, 0.05) is 22.5 Å². The SMILES string of the molecule is CC1(C)c2cc(Cc3ccccc3)ccc2-c2ccc(N(c3ccc(/C=C/c4ccccc4)cc3)c3ccc(-c4ccccc4)cc3)cc21. The van der Waals surface area contributed by atoms with Gasteiger partial charge >= 0.3 is 0 Å². The second-order valence-corrected chi connectivity index (χ2v) is 13.5. The van der Waals surface area contributed by atoms with Crippen molar-refractivity contribution >= 4 is 29.2 Å². The maximum atomic E-state index is 2.43. The molecule has 0 radical (unpaired) electrons. The van der Waals surface area contributed by atoms with Crippen LogP contribution in [-0.4, -0.2) is 0 Å². The van der Waals surface area contributed by atoms with Gasteiger partial charge in [-0.3, -0.25) is 0 Å². The van der Waals surface area contributed by atoms with Gasteiger partial charge in [-0.2, -0.15) is 0 Å². The van der Waals surface area contributed by atoms with Crippen molar-refractivity contribution in [3.05, 3.63) is 209 Å². The molecule has 236 valence electrons. The number of fused-ring (bicyclic) bond motifs is 3. The first-order valence-electron chi connectivity index (χ1n) is 17.1. The molecule has 0 aliphatic heterocycles. The van der Waals surface area contributed by atoms with Gasteiger partial charge < -0.3 is 4.90 Å². The first-order chi connectivity index (χ1) is 24.0. The Hall–Kier alpha value is -5.92. The molecule has 0 aromatic heterocycles. The quantitative estimate of drug-likeness (QED) is 0.151. The Morgan fingerprint density at radius 3 is 1.57 bits per heavy atom. The smallest absolute Gasteiger partial charge is 0.0465 e. The molecule has 0 amide bonds. The second-order valence-electron chi connectivity index (χ2n) is 13.5. The van der Waals surface area contributed by atoms with E-state index in [1.54, 1.807) is 0 Å². The maximum Gasteiger partial charge on any atom is 0.0465 e. The number of anilines is 3. The molecule has 49 heavy (non-hydrogen) atoms. The van der Waals surface area contributed by atoms with E-state index in [0.717, 1.165) is 23.5 Å². The van der Waals surface area contributed by atoms with Gasteiger partial charge in [-0.15, -0.1) is 0 Å². The van der Waals surface area contributed by atoms with Crippen LogP contribution in [0.2, 0.25) is 0 Å². The molecule has 0 N–H and O–H groups in total. The predicted octanol–water partition coefficient (Wildman–Crippen LogP) is 12.9. The van der Waals surface area contributed by atoms with Crippen LogP contribution in [0.5, 0.6) is 0 Å². The first-order valence-corrected chi connectivity index (χ1v) is 17.1. The van der Waals surface area contributed by atoms with Gasteiger partial charge in [0.2, 0.25) is 0 Å². The Morgan fingerprint density at radius 2 is 0.918 bits per heavy atom. The number of rotatable bonds is 8. The van der Waals surface area contributed by atoms with Crippen molar-refractivity contribution in [2.45, 2.75) is 25.7 Å². The van der Waals surface area contributed by atoms with Gasteiger partial charge in [-0.1, -0.05) is 166 Å². The van der Waals surface area contributed by atoms with Crippen molar-refractivity contribution in [2.24, 2.45) is 0 Å². The summed E-state index contributed by atoms with van der Waals surface area (Å²) in [7, 11) is 0. The van der Waals surface area contributed by atoms with Gasteiger partial charge in [0.05, 0.1) is 0 Å². The van der Waals surface area contributed by atoms with Gasteiger partial charge in [-0.25, -0.2) is 0 Å². The van der Waals surface area contributed by atoms with E-state index in [-0.39, 0.29) is 5.41 Å². The molecule has 0 saturated carbocycles. The summed E-state index contributed by atoms with van der Waals surface area (Å²) in [5.74, 6) is 0. The predicted molar refractivity (Wildman–Crippen MR) is 209 cm³/mol. The van der Waals surface area contributed by atoms with E-state index in [9.17, 15) is 0 Å². The van der Waals surface area contributed by atoms with E-state index in [4.69, 9.17) is 0 Å². The molecule has 0 spiro atoms. The lowest BCUT2D eigenvalue weighted by atomic mass is 9.81. The average molecular weight is 630 g/mol. The van der Waals surface area contributed by atoms with Crippen LogP contribution in [0.1, 0.15) is 47.2 Å². The number of hydrogen-bond donors (Lipinski definition) is 0. The molecule has 1 heteroatoms. The minimum atomic E-state index is -0.123. The molecule has 7 aromatic rings. The summed E-state index contributed by atoms with van der Waals surface area (Å²) in [5, 5.41) is 0. The van der Waals surface area contributed by atoms with Gasteiger partial charge in [0.15, 0.2) is 0 Å². The summed E-state index contributed by atoms with van der Waals surface area (Å²) in [4.78, 5) is 2.39. The summed E-state index contributed by atoms with van der Waals surface area (Å²) in [5.41, 5.74) is 16.2. The third-order valence-corrected chi connectivity index (χ3v) is 9.88. The fourth-order valence-electron chi connectivity index (χ4n) is 7.23. The molecule has 7 aromatic carbocycles. The monoisotopic (exact) mass is 629 g/mol. The van der Waals surface area contributed by atoms with Crippen LogP contribution in [0.3, 0.4) is 0 Å². The largest absolute Gasteiger partial charge is 0.310 e. The maximum absolute atomic E-state index is 2.43. The fourth-order valence-corrected chi connectivity index (χ4v) is 7.23. The Kier molecular flexibility index (Phi) is 8.03. The second kappa shape index (κ2) is 12.9. The number of hydrogen-bond acceptors (Lipinski definition) is 1. The normalized spacial score (nSPS) is 12.9. The van der Waals surface area contributed by atoms with Crippen LogP contribution >= 0.6 is 0 Å². The molecule has 0 heterocycles. The number of nitrogens with zero attached hydrogens (tertiary/aromatic N) is 1. The fraction of sp³-hybridized carbons (Fsp3) is 0.0833. The minimum absolute atomic E-state index is 0.123. The summed E-state index contributed by atoms with van der Waals surface area (Å²) in [6.45, 7) is 4.75. The van der Waals surface area contributed by atoms with Crippen molar-refractivity contribution in [1.82, 2.24) is 0 Å². The molecule has 0 bridgehead atoms. The third-order valence-electron chi connectivity index (χ3n) is 9.88. The highest BCUT2D eigenvalue weighted by molar-refractivity contribution is 5.86. The van der Waals surface area contributed by atoms with Crippen LogP contribution in [0.4, 0.5) is 17.1 Å². The van der Waals surface area contributed by atoms with E-state index < -0.39 is 0 Å². The highest BCUT2D eigenvalue weighted by Crippen LogP contribution is 2.51. The zero-order valence-corrected chi connectivity index (χ0v) is 28.1. The average Bonchev–Trinajstić information content (AvgIpc) is 3.38. The highest BCUT2D eigenvalue weighted by Gasteiger charge is 2.36. The molecular formula is C48H39N. The Bertz CT molecular complexity index is 2230. The lowest BCUT2D eigenvalue weighted by Gasteiger charge is -2.28. The lowest BCUT2D eigenvalue weighted by molar-refractivity contribution is 0.659. The Morgan fingerprint density at radius 1 is 0.429 bits per heavy atom. The van der Waals surface area contributed by atoms with Gasteiger partial charge in [-0.05, 0) is 98.5 Å². The Labute approximate surface area is 290 Å². The standard InChI is InChI=1S/C48H39N/c1-48(2)46-33-38(32-37-14-8-4-9-15-37)22-30-44(46)45-31-29-43(34-47(45)48)49(42-27-23-40(24-28-42)39-16-10-5-11-17-39)41-25-20-36(21-26-41)19-18-35-12-6-3-7-13-35/h3-31,33-34H,32H2,1-2H3/b19-18+. The zero-order chi connectivity index (χ0) is 33.2. The summed E-state index contributed by atoms with van der Waals surface area (Å²) in [6.07, 6.45) is 5.29. The van der Waals surface area contributed by atoms with Gasteiger partial charge in [0.25, 0.3) is 0 Å². The van der Waals surface area contributed by atoms with E-state index in [2.05, 4.69) is 207 Å². The third kappa shape index (κ3) is 6.12. The molecule has 1 aliphatic carbocycles. The van der Waals surface area contributed by atoms with E-state index >= 15 is 0 Å². The van der Waals surface area contributed by atoms with Crippen LogP contribution in [0.15, 0.2) is 176 Å². The number of benzene rings is 7. The van der Waals surface area contributed by atoms with E-state index in [0.29, 0.717) is 0 Å². The molecule has 1 aliphatic rings. The topological polar surface area (TPSA) is 3.24 Å². The molecular weight excluding hydrogens is 591 g/mol. The van der Waals surface area contributed by atoms with Crippen LogP contribution in [-0.2, 0) is 11.8 Å². The van der Waals surface area contributed by atoms with Crippen molar-refractivity contribution in [3.63, 3.8) is 0 Å². The van der Waals surface area contributed by atoms with Crippen molar-refractivity contribution in [3.8, 4) is 22.3 Å². The summed E-state index contributed by atoms with van der Waals surface area (Å²) < 4.78 is 0. The highest BCUT2D eigenvalue weighted by atomic mass is 15.1. The van der Waals surface area contributed by atoms with Crippen molar-refractivity contribution < 1.29 is 0 Å². The van der Waals surface area contributed by atoms with E-state index in [1.165, 1.54) is 55.6 Å². The van der Waals surface area contributed by atoms with Crippen LogP contribution in [0.25, 0.3) is 34.4 Å². The molecule has 0 atom stereocenters. The molecule has 0 saturated heterocycles. The van der Waals surface area contributed by atoms with Crippen molar-refractivity contribution in [1.29, 1.82) is 0 Å².